The zero-order chi connectivity index (χ0) is 17.5. The monoisotopic (exact) mass is 364 g/mol. The number of hydrogen-bond acceptors (Lipinski definition) is 5. The molecule has 1 aliphatic heterocycles. The van der Waals surface area contributed by atoms with Crippen LogP contribution in [0.15, 0.2) is 34.9 Å². The Morgan fingerprint density at radius 2 is 2.08 bits per heavy atom. The summed E-state index contributed by atoms with van der Waals surface area (Å²) in [5.41, 5.74) is 1.17. The Hall–Kier alpha value is -1.89. The fourth-order valence-corrected chi connectivity index (χ4v) is 2.83. The molecule has 0 aliphatic carbocycles. The number of carbonyl (C=O) groups is 1. The number of nitrogens with one attached hydrogen (secondary N) is 1. The Labute approximate surface area is 151 Å². The standard InChI is InChI=1S/C18H21ClN2O4/c19-16-4-2-1-3-14(16)11-24-12-15-9-17(21-25-15)18(22)20-10-13-5-7-23-8-6-13/h1-4,9,13H,5-8,10-12H2,(H,20,22). The molecule has 1 amide bonds. The summed E-state index contributed by atoms with van der Waals surface area (Å²) in [6.07, 6.45) is 1.94. The highest BCUT2D eigenvalue weighted by atomic mass is 35.5. The first kappa shape index (κ1) is 17.9. The molecule has 0 radical (unpaired) electrons. The van der Waals surface area contributed by atoms with Gasteiger partial charge in [-0.2, -0.15) is 0 Å². The molecule has 1 aromatic carbocycles. The lowest BCUT2D eigenvalue weighted by molar-refractivity contribution is 0.0641. The topological polar surface area (TPSA) is 73.6 Å². The fraction of sp³-hybridized carbons (Fsp3) is 0.444. The van der Waals surface area contributed by atoms with Crippen LogP contribution in [0.3, 0.4) is 0 Å². The predicted octanol–water partition coefficient (Wildman–Crippen LogP) is 3.20. The van der Waals surface area contributed by atoms with Crippen molar-refractivity contribution in [2.45, 2.75) is 26.1 Å². The van der Waals surface area contributed by atoms with E-state index in [9.17, 15) is 4.79 Å². The van der Waals surface area contributed by atoms with Crippen LogP contribution >= 0.6 is 11.6 Å². The maximum atomic E-state index is 12.1. The van der Waals surface area contributed by atoms with Crippen molar-refractivity contribution in [1.82, 2.24) is 10.5 Å². The van der Waals surface area contributed by atoms with E-state index in [0.717, 1.165) is 31.6 Å². The summed E-state index contributed by atoms with van der Waals surface area (Å²) in [4.78, 5) is 12.1. The minimum Gasteiger partial charge on any atom is -0.381 e. The van der Waals surface area contributed by atoms with Crippen molar-refractivity contribution in [2.24, 2.45) is 5.92 Å². The van der Waals surface area contributed by atoms with E-state index in [1.165, 1.54) is 0 Å². The number of halogens is 1. The number of amides is 1. The second kappa shape index (κ2) is 8.99. The third-order valence-corrected chi connectivity index (χ3v) is 4.51. The molecule has 0 unspecified atom stereocenters. The molecule has 1 aromatic heterocycles. The zero-order valence-corrected chi connectivity index (χ0v) is 14.6. The van der Waals surface area contributed by atoms with E-state index in [0.29, 0.717) is 29.9 Å². The summed E-state index contributed by atoms with van der Waals surface area (Å²) in [6, 6.07) is 9.09. The number of rotatable bonds is 7. The summed E-state index contributed by atoms with van der Waals surface area (Å²) >= 11 is 6.07. The first-order valence-electron chi connectivity index (χ1n) is 8.35. The molecule has 0 saturated carbocycles. The first-order valence-corrected chi connectivity index (χ1v) is 8.73. The third kappa shape index (κ3) is 5.29. The molecule has 25 heavy (non-hydrogen) atoms. The molecule has 134 valence electrons. The van der Waals surface area contributed by atoms with Crippen LogP contribution in [-0.4, -0.2) is 30.8 Å². The van der Waals surface area contributed by atoms with Gasteiger partial charge < -0.3 is 19.3 Å². The van der Waals surface area contributed by atoms with Crippen LogP contribution in [0.5, 0.6) is 0 Å². The van der Waals surface area contributed by atoms with Crippen LogP contribution < -0.4 is 5.32 Å². The van der Waals surface area contributed by atoms with Crippen molar-refractivity contribution < 1.29 is 18.8 Å². The van der Waals surface area contributed by atoms with E-state index in [1.54, 1.807) is 6.07 Å². The highest BCUT2D eigenvalue weighted by Crippen LogP contribution is 2.17. The van der Waals surface area contributed by atoms with Crippen molar-refractivity contribution >= 4 is 17.5 Å². The van der Waals surface area contributed by atoms with E-state index in [2.05, 4.69) is 10.5 Å². The van der Waals surface area contributed by atoms with Gasteiger partial charge in [0, 0.05) is 30.8 Å². The Morgan fingerprint density at radius 3 is 2.88 bits per heavy atom. The lowest BCUT2D eigenvalue weighted by atomic mass is 10.0. The minimum absolute atomic E-state index is 0.228. The molecular formula is C18H21ClN2O4. The predicted molar refractivity (Wildman–Crippen MR) is 92.3 cm³/mol. The van der Waals surface area contributed by atoms with Crippen LogP contribution in [0.2, 0.25) is 5.02 Å². The number of benzene rings is 1. The zero-order valence-electron chi connectivity index (χ0n) is 13.9. The van der Waals surface area contributed by atoms with Crippen LogP contribution in [0.4, 0.5) is 0 Å². The van der Waals surface area contributed by atoms with Gasteiger partial charge in [0.2, 0.25) is 0 Å². The number of carbonyl (C=O) groups excluding carboxylic acids is 1. The molecule has 2 heterocycles. The van der Waals surface area contributed by atoms with E-state index < -0.39 is 0 Å². The van der Waals surface area contributed by atoms with Crippen molar-refractivity contribution in [2.75, 3.05) is 19.8 Å². The molecule has 3 rings (SSSR count). The summed E-state index contributed by atoms with van der Waals surface area (Å²) in [6.45, 7) is 2.75. The molecule has 1 aliphatic rings. The SMILES string of the molecule is O=C(NCC1CCOCC1)c1cc(COCc2ccccc2Cl)on1. The minimum atomic E-state index is -0.229. The highest BCUT2D eigenvalue weighted by molar-refractivity contribution is 6.31. The summed E-state index contributed by atoms with van der Waals surface area (Å²) in [5, 5.41) is 7.36. The maximum Gasteiger partial charge on any atom is 0.273 e. The number of aromatic nitrogens is 1. The van der Waals surface area contributed by atoms with Crippen molar-refractivity contribution in [3.63, 3.8) is 0 Å². The molecule has 1 saturated heterocycles. The molecule has 6 nitrogen and oxygen atoms in total. The van der Waals surface area contributed by atoms with Crippen LogP contribution in [-0.2, 0) is 22.7 Å². The molecule has 1 N–H and O–H groups in total. The van der Waals surface area contributed by atoms with E-state index >= 15 is 0 Å². The van der Waals surface area contributed by atoms with Gasteiger partial charge in [0.05, 0.1) is 6.61 Å². The van der Waals surface area contributed by atoms with E-state index in [4.69, 9.17) is 25.6 Å². The molecule has 2 aromatic rings. The number of nitrogens with zero attached hydrogens (tertiary/aromatic N) is 1. The molecule has 0 spiro atoms. The third-order valence-electron chi connectivity index (χ3n) is 4.14. The van der Waals surface area contributed by atoms with Crippen LogP contribution in [0.1, 0.15) is 34.7 Å². The van der Waals surface area contributed by atoms with E-state index in [1.807, 2.05) is 24.3 Å². The van der Waals surface area contributed by atoms with Gasteiger partial charge in [0.1, 0.15) is 6.61 Å². The maximum absolute atomic E-state index is 12.1. The lowest BCUT2D eigenvalue weighted by Gasteiger charge is -2.21. The van der Waals surface area contributed by atoms with Gasteiger partial charge in [-0.25, -0.2) is 0 Å². The highest BCUT2D eigenvalue weighted by Gasteiger charge is 2.17. The van der Waals surface area contributed by atoms with Crippen molar-refractivity contribution in [3.8, 4) is 0 Å². The Morgan fingerprint density at radius 1 is 1.28 bits per heavy atom. The Kier molecular flexibility index (Phi) is 6.44. The number of ether oxygens (including phenoxy) is 2. The summed E-state index contributed by atoms with van der Waals surface area (Å²) in [7, 11) is 0. The molecule has 1 fully saturated rings. The molecule has 7 heteroatoms. The quantitative estimate of drug-likeness (QED) is 0.816. The van der Waals surface area contributed by atoms with E-state index in [-0.39, 0.29) is 18.2 Å². The molecule has 0 bridgehead atoms. The van der Waals surface area contributed by atoms with Crippen LogP contribution in [0.25, 0.3) is 0 Å². The normalized spacial score (nSPS) is 15.2. The van der Waals surface area contributed by atoms with Gasteiger partial charge in [-0.3, -0.25) is 4.79 Å². The van der Waals surface area contributed by atoms with Gasteiger partial charge in [-0.15, -0.1) is 0 Å². The van der Waals surface area contributed by atoms with Gasteiger partial charge in [0.25, 0.3) is 5.91 Å². The number of hydrogen-bond donors (Lipinski definition) is 1. The van der Waals surface area contributed by atoms with Gasteiger partial charge in [-0.05, 0) is 30.4 Å². The average Bonchev–Trinajstić information content (AvgIpc) is 3.11. The smallest absolute Gasteiger partial charge is 0.273 e. The van der Waals surface area contributed by atoms with Crippen LogP contribution in [0, 0.1) is 5.92 Å². The fourth-order valence-electron chi connectivity index (χ4n) is 2.64. The molecule has 0 atom stereocenters. The first-order chi connectivity index (χ1) is 12.2. The van der Waals surface area contributed by atoms with Gasteiger partial charge in [0.15, 0.2) is 11.5 Å². The molecular weight excluding hydrogens is 344 g/mol. The second-order valence-corrected chi connectivity index (χ2v) is 6.44. The second-order valence-electron chi connectivity index (χ2n) is 6.03. The summed E-state index contributed by atoms with van der Waals surface area (Å²) in [5.74, 6) is 0.735. The van der Waals surface area contributed by atoms with Crippen molar-refractivity contribution in [3.05, 3.63) is 52.4 Å². The largest absolute Gasteiger partial charge is 0.381 e. The summed E-state index contributed by atoms with van der Waals surface area (Å²) < 4.78 is 16.0. The lowest BCUT2D eigenvalue weighted by Crippen LogP contribution is -2.32. The van der Waals surface area contributed by atoms with Crippen molar-refractivity contribution in [1.29, 1.82) is 0 Å². The van der Waals surface area contributed by atoms with Gasteiger partial charge >= 0.3 is 0 Å². The average molecular weight is 365 g/mol. The van der Waals surface area contributed by atoms with Gasteiger partial charge in [-0.1, -0.05) is 35.0 Å². The Bertz CT molecular complexity index is 698. The Balaban J connectivity index is 1.43.